The summed E-state index contributed by atoms with van der Waals surface area (Å²) < 4.78 is 15.6. The molecule has 1 N–H and O–H groups in total. The summed E-state index contributed by atoms with van der Waals surface area (Å²) >= 11 is 0. The third-order valence-electron chi connectivity index (χ3n) is 5.93. The van der Waals surface area contributed by atoms with Gasteiger partial charge in [-0.3, -0.25) is 0 Å². The summed E-state index contributed by atoms with van der Waals surface area (Å²) in [4.78, 5) is 16.5. The summed E-state index contributed by atoms with van der Waals surface area (Å²) in [5.74, 6) is 1.29. The van der Waals surface area contributed by atoms with Crippen LogP contribution in [-0.2, 0) is 17.8 Å². The maximum atomic E-state index is 11.9. The highest BCUT2D eigenvalue weighted by atomic mass is 16.5. The lowest BCUT2D eigenvalue weighted by molar-refractivity contribution is -0.141. The van der Waals surface area contributed by atoms with Gasteiger partial charge in [-0.25, -0.2) is 9.78 Å². The number of aryl methyl sites for hydroxylation is 1. The van der Waals surface area contributed by atoms with Crippen molar-refractivity contribution in [1.82, 2.24) is 14.1 Å². The van der Waals surface area contributed by atoms with Crippen molar-refractivity contribution in [2.45, 2.75) is 25.9 Å². The molecule has 172 valence electrons. The smallest absolute Gasteiger partial charge is 0.328 e. The van der Waals surface area contributed by atoms with E-state index in [9.17, 15) is 9.90 Å². The molecule has 0 aliphatic rings. The molecule has 34 heavy (non-hydrogen) atoms. The van der Waals surface area contributed by atoms with Gasteiger partial charge in [0.2, 0.25) is 5.89 Å². The fourth-order valence-electron chi connectivity index (χ4n) is 4.14. The number of nitrogens with zero attached hydrogens (tertiary/aromatic N) is 3. The minimum atomic E-state index is -0.872. The Morgan fingerprint density at radius 3 is 2.59 bits per heavy atom. The number of aromatic nitrogens is 3. The maximum Gasteiger partial charge on any atom is 0.328 e. The number of fused-ring (bicyclic) bond motifs is 1. The molecule has 0 aliphatic carbocycles. The van der Waals surface area contributed by atoms with Crippen molar-refractivity contribution in [3.63, 3.8) is 0 Å². The summed E-state index contributed by atoms with van der Waals surface area (Å²) in [5, 5.41) is 10.7. The second-order valence-corrected chi connectivity index (χ2v) is 8.13. The van der Waals surface area contributed by atoms with Crippen molar-refractivity contribution < 1.29 is 19.1 Å². The summed E-state index contributed by atoms with van der Waals surface area (Å²) in [6, 6.07) is 20.6. The van der Waals surface area contributed by atoms with Gasteiger partial charge in [0.05, 0.1) is 24.4 Å². The van der Waals surface area contributed by atoms with Crippen molar-refractivity contribution in [3.05, 3.63) is 96.8 Å². The van der Waals surface area contributed by atoms with E-state index >= 15 is 0 Å². The summed E-state index contributed by atoms with van der Waals surface area (Å²) in [6.07, 6.45) is 6.07. The van der Waals surface area contributed by atoms with Crippen LogP contribution in [-0.4, -0.2) is 31.8 Å². The summed E-state index contributed by atoms with van der Waals surface area (Å²) in [7, 11) is 0. The summed E-state index contributed by atoms with van der Waals surface area (Å²) in [5.41, 5.74) is 2.75. The summed E-state index contributed by atoms with van der Waals surface area (Å²) in [6.45, 7) is 2.68. The monoisotopic (exact) mass is 455 g/mol. The van der Waals surface area contributed by atoms with E-state index in [1.54, 1.807) is 17.0 Å². The van der Waals surface area contributed by atoms with Gasteiger partial charge in [-0.05, 0) is 49.4 Å². The van der Waals surface area contributed by atoms with Crippen LogP contribution in [0.25, 0.3) is 22.4 Å². The molecule has 3 heterocycles. The number of carboxylic acid groups (broad SMARTS) is 1. The quantitative estimate of drug-likeness (QED) is 0.324. The average molecular weight is 456 g/mol. The van der Waals surface area contributed by atoms with Crippen LogP contribution in [0, 0.1) is 6.92 Å². The van der Waals surface area contributed by atoms with Crippen molar-refractivity contribution in [3.8, 4) is 17.2 Å². The van der Waals surface area contributed by atoms with Gasteiger partial charge in [-0.2, -0.15) is 0 Å². The third kappa shape index (κ3) is 4.32. The predicted octanol–water partition coefficient (Wildman–Crippen LogP) is 5.35. The van der Waals surface area contributed by atoms with Crippen LogP contribution in [0.1, 0.15) is 17.5 Å². The van der Waals surface area contributed by atoms with Crippen LogP contribution >= 0.6 is 0 Å². The second kappa shape index (κ2) is 9.31. The molecule has 5 rings (SSSR count). The number of oxazole rings is 1. The number of aliphatic carboxylic acids is 1. The molecule has 7 heteroatoms. The molecule has 0 spiro atoms. The fourth-order valence-corrected chi connectivity index (χ4v) is 4.14. The zero-order valence-electron chi connectivity index (χ0n) is 18.8. The molecule has 0 fully saturated rings. The van der Waals surface area contributed by atoms with Gasteiger partial charge in [-0.15, -0.1) is 0 Å². The minimum absolute atomic E-state index is 0.317. The molecular formula is C27H25N3O4. The molecule has 3 aromatic heterocycles. The Bertz CT molecular complexity index is 1400. The number of benzene rings is 2. The van der Waals surface area contributed by atoms with Crippen molar-refractivity contribution >= 4 is 16.9 Å². The van der Waals surface area contributed by atoms with Gasteiger partial charge in [0.15, 0.2) is 0 Å². The highest BCUT2D eigenvalue weighted by Gasteiger charge is 2.20. The first-order chi connectivity index (χ1) is 16.6. The molecular weight excluding hydrogens is 430 g/mol. The van der Waals surface area contributed by atoms with E-state index in [0.717, 1.165) is 33.7 Å². The van der Waals surface area contributed by atoms with Crippen LogP contribution < -0.4 is 4.74 Å². The Labute approximate surface area is 196 Å². The van der Waals surface area contributed by atoms with Crippen LogP contribution in [0.15, 0.2) is 89.7 Å². The lowest BCUT2D eigenvalue weighted by Crippen LogP contribution is -2.22. The molecule has 5 aromatic rings. The topological polar surface area (TPSA) is 82.4 Å². The number of hydrogen-bond acceptors (Lipinski definition) is 4. The van der Waals surface area contributed by atoms with Crippen molar-refractivity contribution in [2.24, 2.45) is 0 Å². The van der Waals surface area contributed by atoms with Crippen LogP contribution in [0.3, 0.4) is 0 Å². The lowest BCUT2D eigenvalue weighted by atomic mass is 10.2. The van der Waals surface area contributed by atoms with E-state index in [2.05, 4.69) is 4.98 Å². The molecule has 7 nitrogen and oxygen atoms in total. The zero-order chi connectivity index (χ0) is 23.5. The van der Waals surface area contributed by atoms with Crippen molar-refractivity contribution in [2.75, 3.05) is 6.61 Å². The third-order valence-corrected chi connectivity index (χ3v) is 5.93. The Hall–Kier alpha value is -4.26. The van der Waals surface area contributed by atoms with Gasteiger partial charge in [0, 0.05) is 36.0 Å². The van der Waals surface area contributed by atoms with Gasteiger partial charge >= 0.3 is 5.97 Å². The van der Waals surface area contributed by atoms with E-state index in [4.69, 9.17) is 9.15 Å². The SMILES string of the molecule is Cc1oc(-c2ccccc2)nc1CCOc1cccc2c1ccn2C[C@@H](C(=O)O)n1cccc1. The average Bonchev–Trinajstić information content (AvgIpc) is 3.59. The molecule has 0 bridgehead atoms. The Morgan fingerprint density at radius 1 is 1.03 bits per heavy atom. The van der Waals surface area contributed by atoms with Crippen molar-refractivity contribution in [1.29, 1.82) is 0 Å². The molecule has 0 amide bonds. The molecule has 0 saturated heterocycles. The van der Waals surface area contributed by atoms with Gasteiger partial charge < -0.3 is 23.4 Å². The number of ether oxygens (including phenoxy) is 1. The van der Waals surface area contributed by atoms with Crippen LogP contribution in [0.2, 0.25) is 0 Å². The molecule has 0 saturated carbocycles. The van der Waals surface area contributed by atoms with E-state index < -0.39 is 12.0 Å². The van der Waals surface area contributed by atoms with Gasteiger partial charge in [0.1, 0.15) is 17.6 Å². The molecule has 0 unspecified atom stereocenters. The van der Waals surface area contributed by atoms with Gasteiger partial charge in [0.25, 0.3) is 0 Å². The molecule has 2 aromatic carbocycles. The molecule has 0 aliphatic heterocycles. The Kier molecular flexibility index (Phi) is 5.91. The normalized spacial score (nSPS) is 12.1. The highest BCUT2D eigenvalue weighted by molar-refractivity contribution is 5.86. The van der Waals surface area contributed by atoms with Crippen LogP contribution in [0.5, 0.6) is 5.75 Å². The number of carbonyl (C=O) groups is 1. The first-order valence-corrected chi connectivity index (χ1v) is 11.2. The Balaban J connectivity index is 1.30. The Morgan fingerprint density at radius 2 is 1.82 bits per heavy atom. The van der Waals surface area contributed by atoms with E-state index in [1.165, 1.54) is 0 Å². The fraction of sp³-hybridized carbons (Fsp3) is 0.185. The number of carboxylic acids is 1. The second-order valence-electron chi connectivity index (χ2n) is 8.13. The first kappa shape index (κ1) is 21.6. The van der Waals surface area contributed by atoms with E-state index in [1.807, 2.05) is 84.4 Å². The predicted molar refractivity (Wildman–Crippen MR) is 129 cm³/mol. The standard InChI is InChI=1S/C27H25N3O4/c1-19-22(28-26(34-19)20-8-3-2-4-9-20)13-17-33-25-11-7-10-23-21(25)12-16-30(23)18-24(27(31)32)29-14-5-6-15-29/h2-12,14-16,24H,13,17-18H2,1H3,(H,31,32)/t24-/m0/s1. The highest BCUT2D eigenvalue weighted by Crippen LogP contribution is 2.28. The van der Waals surface area contributed by atoms with E-state index in [0.29, 0.717) is 25.5 Å². The molecule has 1 atom stereocenters. The first-order valence-electron chi connectivity index (χ1n) is 11.2. The largest absolute Gasteiger partial charge is 0.492 e. The number of rotatable bonds is 9. The van der Waals surface area contributed by atoms with Gasteiger partial charge in [-0.1, -0.05) is 24.3 Å². The molecule has 0 radical (unpaired) electrons. The van der Waals surface area contributed by atoms with Crippen LogP contribution in [0.4, 0.5) is 0 Å². The zero-order valence-corrected chi connectivity index (χ0v) is 18.8. The maximum absolute atomic E-state index is 11.9. The lowest BCUT2D eigenvalue weighted by Gasteiger charge is -2.16. The van der Waals surface area contributed by atoms with E-state index in [-0.39, 0.29) is 0 Å². The number of hydrogen-bond donors (Lipinski definition) is 1. The minimum Gasteiger partial charge on any atom is -0.492 e.